The summed E-state index contributed by atoms with van der Waals surface area (Å²) in [6.45, 7) is 4.58. The number of alkyl halides is 3. The summed E-state index contributed by atoms with van der Waals surface area (Å²) in [6.07, 6.45) is -3.20. The van der Waals surface area contributed by atoms with Crippen LogP contribution in [0.3, 0.4) is 0 Å². The molecule has 0 bridgehead atoms. The van der Waals surface area contributed by atoms with E-state index in [4.69, 9.17) is 15.2 Å². The van der Waals surface area contributed by atoms with Gasteiger partial charge in [0.1, 0.15) is 16.3 Å². The fraction of sp³-hybridized carbons (Fsp3) is 0.421. The van der Waals surface area contributed by atoms with Gasteiger partial charge in [0.15, 0.2) is 5.65 Å². The van der Waals surface area contributed by atoms with Gasteiger partial charge in [-0.25, -0.2) is 9.97 Å². The fourth-order valence-corrected chi connectivity index (χ4v) is 4.19. The summed E-state index contributed by atoms with van der Waals surface area (Å²) in [7, 11) is -0.313. The maximum atomic E-state index is 12.2. The molecule has 31 heavy (non-hydrogen) atoms. The van der Waals surface area contributed by atoms with Crippen LogP contribution in [0, 0.1) is 0 Å². The third kappa shape index (κ3) is 7.22. The largest absolute Gasteiger partial charge is 0.491 e. The van der Waals surface area contributed by atoms with E-state index < -0.39 is 12.3 Å². The number of aromatic nitrogens is 4. The van der Waals surface area contributed by atoms with E-state index in [1.807, 2.05) is 38.1 Å². The minimum Gasteiger partial charge on any atom is -0.491 e. The minimum atomic E-state index is -4.15. The Morgan fingerprint density at radius 3 is 2.61 bits per heavy atom. The highest BCUT2D eigenvalue weighted by molar-refractivity contribution is 7.99. The van der Waals surface area contributed by atoms with Crippen LogP contribution in [0.4, 0.5) is 19.1 Å². The second-order valence-electron chi connectivity index (χ2n) is 6.83. The van der Waals surface area contributed by atoms with Crippen molar-refractivity contribution in [3.63, 3.8) is 0 Å². The molecular weight excluding hydrogens is 450 g/mol. The summed E-state index contributed by atoms with van der Waals surface area (Å²) in [4.78, 5) is 13.9. The van der Waals surface area contributed by atoms with Crippen molar-refractivity contribution in [3.05, 3.63) is 30.6 Å². The van der Waals surface area contributed by atoms with Crippen LogP contribution in [0.15, 0.2) is 40.5 Å². The lowest BCUT2D eigenvalue weighted by Gasteiger charge is -2.10. The van der Waals surface area contributed by atoms with Gasteiger partial charge < -0.3 is 19.8 Å². The number of imidazole rings is 1. The van der Waals surface area contributed by atoms with Crippen molar-refractivity contribution in [1.29, 1.82) is 0 Å². The number of nitrogen functional groups attached to an aromatic ring is 1. The van der Waals surface area contributed by atoms with Gasteiger partial charge in [-0.05, 0) is 38.1 Å². The molecule has 0 radical (unpaired) electrons. The first-order chi connectivity index (χ1) is 14.7. The second-order valence-corrected chi connectivity index (χ2v) is 9.04. The zero-order valence-corrected chi connectivity index (χ0v) is 18.8. The minimum absolute atomic E-state index is 0.0703. The van der Waals surface area contributed by atoms with Crippen molar-refractivity contribution in [2.24, 2.45) is 0 Å². The van der Waals surface area contributed by atoms with E-state index in [0.29, 0.717) is 22.7 Å². The summed E-state index contributed by atoms with van der Waals surface area (Å²) < 4.78 is 49.2. The molecule has 2 heterocycles. The number of rotatable bonds is 10. The van der Waals surface area contributed by atoms with Gasteiger partial charge in [-0.15, -0.1) is 0 Å². The van der Waals surface area contributed by atoms with Crippen molar-refractivity contribution in [2.45, 2.75) is 42.6 Å². The number of anilines is 1. The highest BCUT2D eigenvalue weighted by Gasteiger charge is 2.26. The lowest BCUT2D eigenvalue weighted by molar-refractivity contribution is -0.106. The van der Waals surface area contributed by atoms with Crippen LogP contribution >= 0.6 is 20.3 Å². The first kappa shape index (κ1) is 23.6. The van der Waals surface area contributed by atoms with Crippen LogP contribution in [0.2, 0.25) is 0 Å². The van der Waals surface area contributed by atoms with E-state index in [1.165, 1.54) is 11.8 Å². The van der Waals surface area contributed by atoms with Gasteiger partial charge in [-0.3, -0.25) is 0 Å². The topological polar surface area (TPSA) is 88.1 Å². The van der Waals surface area contributed by atoms with Gasteiger partial charge in [0.05, 0.1) is 31.5 Å². The second kappa shape index (κ2) is 10.5. The average molecular weight is 473 g/mol. The zero-order valence-electron chi connectivity index (χ0n) is 17.0. The van der Waals surface area contributed by atoms with Crippen molar-refractivity contribution < 1.29 is 22.6 Å². The fourth-order valence-electron chi connectivity index (χ4n) is 2.64. The third-order valence-electron chi connectivity index (χ3n) is 3.87. The molecule has 0 saturated heterocycles. The third-order valence-corrected chi connectivity index (χ3v) is 5.91. The molecule has 0 saturated carbocycles. The Morgan fingerprint density at radius 2 is 1.94 bits per heavy atom. The predicted molar refractivity (Wildman–Crippen MR) is 116 cm³/mol. The van der Waals surface area contributed by atoms with Crippen LogP contribution in [0.25, 0.3) is 11.2 Å². The van der Waals surface area contributed by atoms with Gasteiger partial charge >= 0.3 is 6.18 Å². The Bertz CT molecular complexity index is 999. The molecule has 0 aliphatic heterocycles. The van der Waals surface area contributed by atoms with Gasteiger partial charge in [0.25, 0.3) is 0 Å². The van der Waals surface area contributed by atoms with Crippen molar-refractivity contribution in [2.75, 3.05) is 24.9 Å². The van der Waals surface area contributed by atoms with E-state index in [0.717, 1.165) is 10.6 Å². The molecule has 12 heteroatoms. The van der Waals surface area contributed by atoms with E-state index >= 15 is 0 Å². The normalized spacial score (nSPS) is 12.5. The number of halogens is 3. The molecular formula is C19H23F3N5O2PS. The maximum Gasteiger partial charge on any atom is 0.392 e. The van der Waals surface area contributed by atoms with Crippen LogP contribution < -0.4 is 10.5 Å². The number of nitrogens with zero attached hydrogens (tertiary/aromatic N) is 4. The Labute approximate surface area is 183 Å². The first-order valence-electron chi connectivity index (χ1n) is 9.49. The summed E-state index contributed by atoms with van der Waals surface area (Å²) in [5, 5.41) is 0.617. The smallest absolute Gasteiger partial charge is 0.392 e. The summed E-state index contributed by atoms with van der Waals surface area (Å²) in [6, 6.07) is 7.64. The number of benzene rings is 1. The molecule has 1 aromatic carbocycles. The average Bonchev–Trinajstić information content (AvgIpc) is 3.08. The van der Waals surface area contributed by atoms with Crippen LogP contribution in [0.1, 0.15) is 13.8 Å². The summed E-state index contributed by atoms with van der Waals surface area (Å²) in [5.74, 6) is 0.899. The molecule has 0 amide bonds. The molecule has 3 aromatic rings. The van der Waals surface area contributed by atoms with Crippen LogP contribution in [-0.4, -0.2) is 50.9 Å². The van der Waals surface area contributed by atoms with Gasteiger partial charge in [0, 0.05) is 11.4 Å². The number of ether oxygens (including phenoxy) is 2. The number of fused-ring (bicyclic) bond motifs is 1. The number of hydrogen-bond donors (Lipinski definition) is 1. The highest BCUT2D eigenvalue weighted by atomic mass is 32.2. The van der Waals surface area contributed by atoms with E-state index in [1.54, 1.807) is 10.9 Å². The van der Waals surface area contributed by atoms with Gasteiger partial charge in [-0.2, -0.15) is 18.2 Å². The maximum absolute atomic E-state index is 12.2. The first-order valence-corrected chi connectivity index (χ1v) is 11.7. The molecule has 0 aliphatic rings. The Morgan fingerprint density at radius 1 is 1.19 bits per heavy atom. The monoisotopic (exact) mass is 473 g/mol. The predicted octanol–water partition coefficient (Wildman–Crippen LogP) is 4.56. The van der Waals surface area contributed by atoms with Crippen molar-refractivity contribution in [3.8, 4) is 5.75 Å². The molecule has 0 aliphatic carbocycles. The highest BCUT2D eigenvalue weighted by Crippen LogP contribution is 2.32. The molecule has 168 valence electrons. The van der Waals surface area contributed by atoms with Crippen molar-refractivity contribution >= 4 is 37.5 Å². The lowest BCUT2D eigenvalue weighted by Crippen LogP contribution is -2.11. The molecule has 0 fully saturated rings. The summed E-state index contributed by atoms with van der Waals surface area (Å²) >= 11 is 1.41. The quantitative estimate of drug-likeness (QED) is 0.262. The molecule has 2 aromatic heterocycles. The van der Waals surface area contributed by atoms with Crippen LogP contribution in [0.5, 0.6) is 5.75 Å². The molecule has 1 atom stereocenters. The van der Waals surface area contributed by atoms with E-state index in [9.17, 15) is 13.2 Å². The van der Waals surface area contributed by atoms with E-state index in [-0.39, 0.29) is 33.6 Å². The molecule has 7 nitrogen and oxygen atoms in total. The van der Waals surface area contributed by atoms with Gasteiger partial charge in [0.2, 0.25) is 5.95 Å². The van der Waals surface area contributed by atoms with E-state index in [2.05, 4.69) is 15.0 Å². The summed E-state index contributed by atoms with van der Waals surface area (Å²) in [5.41, 5.74) is 7.04. The number of hydrogen-bond acceptors (Lipinski definition) is 7. The van der Waals surface area contributed by atoms with Gasteiger partial charge in [-0.1, -0.05) is 20.3 Å². The van der Waals surface area contributed by atoms with Crippen molar-refractivity contribution in [1.82, 2.24) is 19.5 Å². The Hall–Kier alpha value is -2.10. The zero-order chi connectivity index (χ0) is 22.4. The Balaban J connectivity index is 1.64. The molecule has 3 rings (SSSR count). The molecule has 2 N–H and O–H groups in total. The SMILES string of the molecule is CC(C)Oc1ccc(Sc2nc(N)nc3c2ncn3CCOCPCC(F)(F)F)cc1. The number of nitrogens with two attached hydrogens (primary N) is 1. The standard InChI is InChI=1S/C19H23F3N5O2PS/c1-12(2)29-13-3-5-14(6-4-13)31-17-15-16(25-18(23)26-17)27(10-24-15)7-8-28-11-30-9-19(20,21)22/h3-6,10,12,30H,7-9,11H2,1-2H3,(H2,23,25,26). The van der Waals surface area contributed by atoms with Crippen LogP contribution in [-0.2, 0) is 11.3 Å². The Kier molecular flexibility index (Phi) is 7.96. The molecule has 0 spiro atoms. The molecule has 1 unspecified atom stereocenters. The lowest BCUT2D eigenvalue weighted by atomic mass is 10.3.